The highest BCUT2D eigenvalue weighted by atomic mass is 16.7. The summed E-state index contributed by atoms with van der Waals surface area (Å²) in [5.41, 5.74) is 1.58. The molecule has 1 aromatic rings. The Morgan fingerprint density at radius 3 is 2.32 bits per heavy atom. The van der Waals surface area contributed by atoms with Crippen LogP contribution in [0.1, 0.15) is 56.5 Å². The number of carbonyl (C=O) groups is 1. The number of hydrogen-bond donors (Lipinski definition) is 1. The van der Waals surface area contributed by atoms with Crippen molar-refractivity contribution in [1.29, 1.82) is 0 Å². The SMILES string of the molecule is Cc1cccc(C(=O)NC2CCOCC2)c1B1OC(C)(C)C(C)(C)O1. The minimum atomic E-state index is -0.540. The van der Waals surface area contributed by atoms with Crippen LogP contribution in [0.15, 0.2) is 18.2 Å². The average Bonchev–Trinajstić information content (AvgIpc) is 2.75. The van der Waals surface area contributed by atoms with Gasteiger partial charge in [-0.15, -0.1) is 0 Å². The highest BCUT2D eigenvalue weighted by Gasteiger charge is 2.52. The molecule has 3 rings (SSSR count). The van der Waals surface area contributed by atoms with Crippen molar-refractivity contribution in [3.8, 4) is 0 Å². The Bertz CT molecular complexity index is 637. The third-order valence-electron chi connectivity index (χ3n) is 5.61. The first-order valence-corrected chi connectivity index (χ1v) is 9.05. The fourth-order valence-electron chi connectivity index (χ4n) is 3.26. The summed E-state index contributed by atoms with van der Waals surface area (Å²) < 4.78 is 17.7. The zero-order chi connectivity index (χ0) is 18.2. The van der Waals surface area contributed by atoms with Gasteiger partial charge in [-0.05, 0) is 59.0 Å². The van der Waals surface area contributed by atoms with Crippen molar-refractivity contribution in [1.82, 2.24) is 5.32 Å². The van der Waals surface area contributed by atoms with E-state index >= 15 is 0 Å². The highest BCUT2D eigenvalue weighted by molar-refractivity contribution is 6.64. The van der Waals surface area contributed by atoms with Crippen molar-refractivity contribution in [2.45, 2.75) is 64.7 Å². The van der Waals surface area contributed by atoms with Crippen LogP contribution in [0.5, 0.6) is 0 Å². The van der Waals surface area contributed by atoms with E-state index in [1.165, 1.54) is 0 Å². The lowest BCUT2D eigenvalue weighted by Gasteiger charge is -2.32. The normalized spacial score (nSPS) is 22.8. The second kappa shape index (κ2) is 6.74. The van der Waals surface area contributed by atoms with Gasteiger partial charge in [0.25, 0.3) is 5.91 Å². The van der Waals surface area contributed by atoms with Gasteiger partial charge in [0.05, 0.1) is 11.2 Å². The molecule has 5 nitrogen and oxygen atoms in total. The summed E-state index contributed by atoms with van der Waals surface area (Å²) in [5, 5.41) is 3.14. The molecule has 0 radical (unpaired) electrons. The van der Waals surface area contributed by atoms with E-state index in [9.17, 15) is 4.79 Å². The summed E-state index contributed by atoms with van der Waals surface area (Å²) in [4.78, 5) is 12.9. The van der Waals surface area contributed by atoms with Gasteiger partial charge in [-0.3, -0.25) is 4.79 Å². The van der Waals surface area contributed by atoms with Gasteiger partial charge in [0.2, 0.25) is 0 Å². The first-order valence-electron chi connectivity index (χ1n) is 9.05. The Morgan fingerprint density at radius 2 is 1.72 bits per heavy atom. The Balaban J connectivity index is 1.86. The number of rotatable bonds is 3. The Kier molecular flexibility index (Phi) is 4.97. The van der Waals surface area contributed by atoms with E-state index in [1.54, 1.807) is 0 Å². The molecule has 0 aromatic heterocycles. The van der Waals surface area contributed by atoms with Crippen molar-refractivity contribution in [3.63, 3.8) is 0 Å². The predicted molar refractivity (Wildman–Crippen MR) is 98.2 cm³/mol. The maximum absolute atomic E-state index is 12.9. The van der Waals surface area contributed by atoms with Crippen LogP contribution in [0.2, 0.25) is 0 Å². The third kappa shape index (κ3) is 3.61. The average molecular weight is 345 g/mol. The fourth-order valence-corrected chi connectivity index (χ4v) is 3.26. The zero-order valence-corrected chi connectivity index (χ0v) is 15.8. The molecule has 2 fully saturated rings. The number of amides is 1. The monoisotopic (exact) mass is 345 g/mol. The molecule has 2 aliphatic rings. The second-order valence-corrected chi connectivity index (χ2v) is 7.98. The molecule has 0 spiro atoms. The minimum absolute atomic E-state index is 0.0692. The second-order valence-electron chi connectivity index (χ2n) is 7.98. The first-order chi connectivity index (χ1) is 11.7. The molecule has 0 atom stereocenters. The molecule has 1 amide bonds. The number of ether oxygens (including phenoxy) is 1. The van der Waals surface area contributed by atoms with Crippen molar-refractivity contribution in [2.75, 3.05) is 13.2 Å². The molecule has 6 heteroatoms. The minimum Gasteiger partial charge on any atom is -0.399 e. The van der Waals surface area contributed by atoms with Crippen molar-refractivity contribution in [3.05, 3.63) is 29.3 Å². The van der Waals surface area contributed by atoms with Crippen LogP contribution in [-0.4, -0.2) is 43.5 Å². The lowest BCUT2D eigenvalue weighted by atomic mass is 9.73. The largest absolute Gasteiger partial charge is 0.495 e. The molecule has 1 aromatic carbocycles. The fraction of sp³-hybridized carbons (Fsp3) is 0.632. The predicted octanol–water partition coefficient (Wildman–Crippen LogP) is 2.20. The van der Waals surface area contributed by atoms with E-state index in [4.69, 9.17) is 14.0 Å². The molecular weight excluding hydrogens is 317 g/mol. The van der Waals surface area contributed by atoms with Crippen LogP contribution in [0.4, 0.5) is 0 Å². The molecule has 2 heterocycles. The lowest BCUT2D eigenvalue weighted by Crippen LogP contribution is -2.45. The highest BCUT2D eigenvalue weighted by Crippen LogP contribution is 2.37. The molecule has 0 unspecified atom stereocenters. The summed E-state index contributed by atoms with van der Waals surface area (Å²) >= 11 is 0. The first kappa shape index (κ1) is 18.4. The number of nitrogens with one attached hydrogen (secondary N) is 1. The van der Waals surface area contributed by atoms with Crippen molar-refractivity contribution < 1.29 is 18.8 Å². The Labute approximate surface area is 150 Å². The summed E-state index contributed by atoms with van der Waals surface area (Å²) in [6.45, 7) is 11.5. The zero-order valence-electron chi connectivity index (χ0n) is 15.8. The summed E-state index contributed by atoms with van der Waals surface area (Å²) in [5.74, 6) is -0.0692. The van der Waals surface area contributed by atoms with Crippen LogP contribution in [-0.2, 0) is 14.0 Å². The van der Waals surface area contributed by atoms with Crippen LogP contribution >= 0.6 is 0 Å². The van der Waals surface area contributed by atoms with Gasteiger partial charge in [0, 0.05) is 24.8 Å². The maximum Gasteiger partial charge on any atom is 0.495 e. The number of benzene rings is 1. The van der Waals surface area contributed by atoms with Crippen LogP contribution in [0, 0.1) is 6.92 Å². The summed E-state index contributed by atoms with van der Waals surface area (Å²) in [6.07, 6.45) is 1.70. The number of hydrogen-bond acceptors (Lipinski definition) is 4. The summed E-state index contributed by atoms with van der Waals surface area (Å²) in [6, 6.07) is 5.91. The molecule has 1 N–H and O–H groups in total. The van der Waals surface area contributed by atoms with Gasteiger partial charge in [-0.1, -0.05) is 17.7 Å². The van der Waals surface area contributed by atoms with Crippen molar-refractivity contribution in [2.24, 2.45) is 0 Å². The molecule has 0 saturated carbocycles. The van der Waals surface area contributed by atoms with Crippen LogP contribution < -0.4 is 10.8 Å². The van der Waals surface area contributed by atoms with Gasteiger partial charge in [-0.2, -0.15) is 0 Å². The summed E-state index contributed by atoms with van der Waals surface area (Å²) in [7, 11) is -0.540. The maximum atomic E-state index is 12.9. The van der Waals surface area contributed by atoms with E-state index < -0.39 is 18.3 Å². The number of carbonyl (C=O) groups excluding carboxylic acids is 1. The van der Waals surface area contributed by atoms with E-state index in [1.807, 2.05) is 52.8 Å². The van der Waals surface area contributed by atoms with E-state index in [0.717, 1.165) is 23.9 Å². The van der Waals surface area contributed by atoms with E-state index in [-0.39, 0.29) is 11.9 Å². The molecule has 25 heavy (non-hydrogen) atoms. The standard InChI is InChI=1S/C19H28BNO4/c1-13-7-6-8-15(17(22)21-14-9-11-23-12-10-14)16(13)20-24-18(2,3)19(4,5)25-20/h6-8,14H,9-12H2,1-5H3,(H,21,22). The van der Waals surface area contributed by atoms with Gasteiger partial charge in [0.1, 0.15) is 0 Å². The molecule has 0 bridgehead atoms. The van der Waals surface area contributed by atoms with Gasteiger partial charge < -0.3 is 19.4 Å². The van der Waals surface area contributed by atoms with E-state index in [2.05, 4.69) is 5.32 Å². The topological polar surface area (TPSA) is 56.8 Å². The van der Waals surface area contributed by atoms with Gasteiger partial charge >= 0.3 is 7.12 Å². The molecule has 2 saturated heterocycles. The third-order valence-corrected chi connectivity index (χ3v) is 5.61. The van der Waals surface area contributed by atoms with Crippen LogP contribution in [0.25, 0.3) is 0 Å². The Hall–Kier alpha value is -1.37. The molecule has 2 aliphatic heterocycles. The van der Waals surface area contributed by atoms with Gasteiger partial charge in [0.15, 0.2) is 0 Å². The number of aryl methyl sites for hydroxylation is 1. The smallest absolute Gasteiger partial charge is 0.399 e. The Morgan fingerprint density at radius 1 is 1.12 bits per heavy atom. The molecular formula is C19H28BNO4. The van der Waals surface area contributed by atoms with Gasteiger partial charge in [-0.25, -0.2) is 0 Å². The molecule has 0 aliphatic carbocycles. The lowest BCUT2D eigenvalue weighted by molar-refractivity contribution is 0.00578. The molecule has 136 valence electrons. The van der Waals surface area contributed by atoms with Crippen molar-refractivity contribution >= 4 is 18.5 Å². The van der Waals surface area contributed by atoms with E-state index in [0.29, 0.717) is 18.8 Å². The quantitative estimate of drug-likeness (QED) is 0.854. The van der Waals surface area contributed by atoms with Crippen LogP contribution in [0.3, 0.4) is 0 Å².